The molecule has 0 fully saturated rings. The number of hydrogen-bond acceptors (Lipinski definition) is 4. The van der Waals surface area contributed by atoms with Gasteiger partial charge >= 0.3 is 0 Å². The lowest BCUT2D eigenvalue weighted by atomic mass is 10.2. The standard InChI is InChI=1S/C12H21ClN4/c1-4-9(7-8-13)14-12-15-10(5-2)11(6-3)16-17-12/h9H,4-8H2,1-3H3,(H,14,15,17). The Morgan fingerprint density at radius 3 is 2.35 bits per heavy atom. The Morgan fingerprint density at radius 2 is 1.82 bits per heavy atom. The van der Waals surface area contributed by atoms with Gasteiger partial charge in [0, 0.05) is 11.9 Å². The number of aryl methyl sites for hydroxylation is 2. The molecule has 0 saturated carbocycles. The summed E-state index contributed by atoms with van der Waals surface area (Å²) < 4.78 is 0. The fourth-order valence-corrected chi connectivity index (χ4v) is 1.96. The molecule has 1 N–H and O–H groups in total. The van der Waals surface area contributed by atoms with Crippen LogP contribution in [0.2, 0.25) is 0 Å². The van der Waals surface area contributed by atoms with E-state index in [-0.39, 0.29) is 0 Å². The second kappa shape index (κ2) is 7.43. The third-order valence-corrected chi connectivity index (χ3v) is 3.01. The van der Waals surface area contributed by atoms with Gasteiger partial charge in [0.25, 0.3) is 0 Å². The molecule has 0 aliphatic carbocycles. The van der Waals surface area contributed by atoms with E-state index in [0.717, 1.165) is 37.1 Å². The van der Waals surface area contributed by atoms with Crippen molar-refractivity contribution in [2.24, 2.45) is 0 Å². The number of aromatic nitrogens is 3. The van der Waals surface area contributed by atoms with E-state index in [4.69, 9.17) is 11.6 Å². The maximum absolute atomic E-state index is 5.75. The molecule has 5 heteroatoms. The fourth-order valence-electron chi connectivity index (χ4n) is 1.69. The molecule has 1 heterocycles. The second-order valence-electron chi connectivity index (χ2n) is 3.96. The number of nitrogens with zero attached hydrogens (tertiary/aromatic N) is 3. The summed E-state index contributed by atoms with van der Waals surface area (Å²) in [6.45, 7) is 6.28. The number of halogens is 1. The van der Waals surface area contributed by atoms with Crippen LogP contribution in [0.1, 0.15) is 45.0 Å². The molecule has 1 rings (SSSR count). The Balaban J connectivity index is 2.77. The molecule has 17 heavy (non-hydrogen) atoms. The summed E-state index contributed by atoms with van der Waals surface area (Å²) in [5.41, 5.74) is 2.02. The topological polar surface area (TPSA) is 50.7 Å². The van der Waals surface area contributed by atoms with Gasteiger partial charge in [-0.05, 0) is 25.7 Å². The number of nitrogens with one attached hydrogen (secondary N) is 1. The van der Waals surface area contributed by atoms with Gasteiger partial charge in [-0.3, -0.25) is 0 Å². The Kier molecular flexibility index (Phi) is 6.19. The molecule has 0 radical (unpaired) electrons. The highest BCUT2D eigenvalue weighted by molar-refractivity contribution is 6.17. The third kappa shape index (κ3) is 4.11. The van der Waals surface area contributed by atoms with Crippen molar-refractivity contribution in [3.63, 3.8) is 0 Å². The van der Waals surface area contributed by atoms with Crippen LogP contribution in [0, 0.1) is 0 Å². The Morgan fingerprint density at radius 1 is 1.12 bits per heavy atom. The Hall–Kier alpha value is -0.900. The highest BCUT2D eigenvalue weighted by Gasteiger charge is 2.10. The van der Waals surface area contributed by atoms with Gasteiger partial charge < -0.3 is 5.32 Å². The molecule has 1 atom stereocenters. The van der Waals surface area contributed by atoms with Crippen LogP contribution in [0.25, 0.3) is 0 Å². The van der Waals surface area contributed by atoms with Crippen LogP contribution in [0.5, 0.6) is 0 Å². The number of anilines is 1. The van der Waals surface area contributed by atoms with Crippen LogP contribution < -0.4 is 5.32 Å². The lowest BCUT2D eigenvalue weighted by Gasteiger charge is -2.15. The van der Waals surface area contributed by atoms with E-state index in [1.165, 1.54) is 0 Å². The minimum absolute atomic E-state index is 0.325. The maximum Gasteiger partial charge on any atom is 0.243 e. The second-order valence-corrected chi connectivity index (χ2v) is 4.34. The normalized spacial score (nSPS) is 12.5. The average molecular weight is 257 g/mol. The van der Waals surface area contributed by atoms with Crippen molar-refractivity contribution in [3.05, 3.63) is 11.4 Å². The smallest absolute Gasteiger partial charge is 0.243 e. The zero-order valence-corrected chi connectivity index (χ0v) is 11.6. The molecule has 4 nitrogen and oxygen atoms in total. The van der Waals surface area contributed by atoms with E-state index in [9.17, 15) is 0 Å². The molecule has 0 saturated heterocycles. The van der Waals surface area contributed by atoms with Crippen molar-refractivity contribution < 1.29 is 0 Å². The van der Waals surface area contributed by atoms with Crippen molar-refractivity contribution in [2.75, 3.05) is 11.2 Å². The fraction of sp³-hybridized carbons (Fsp3) is 0.750. The van der Waals surface area contributed by atoms with Crippen LogP contribution in [0.15, 0.2) is 0 Å². The highest BCUT2D eigenvalue weighted by Crippen LogP contribution is 2.10. The summed E-state index contributed by atoms with van der Waals surface area (Å²) in [5.74, 6) is 1.27. The molecule has 1 aromatic heterocycles. The molecule has 96 valence electrons. The first kappa shape index (κ1) is 14.2. The van der Waals surface area contributed by atoms with Gasteiger partial charge in [0.15, 0.2) is 0 Å². The molecule has 1 aromatic rings. The number of alkyl halides is 1. The maximum atomic E-state index is 5.75. The van der Waals surface area contributed by atoms with Crippen molar-refractivity contribution in [1.29, 1.82) is 0 Å². The highest BCUT2D eigenvalue weighted by atomic mass is 35.5. The molecule has 0 amide bonds. The predicted octanol–water partition coefficient (Wildman–Crippen LogP) is 2.82. The van der Waals surface area contributed by atoms with E-state index < -0.39 is 0 Å². The lowest BCUT2D eigenvalue weighted by molar-refractivity contribution is 0.661. The van der Waals surface area contributed by atoms with Crippen LogP contribution >= 0.6 is 11.6 Å². The average Bonchev–Trinajstić information content (AvgIpc) is 2.38. The van der Waals surface area contributed by atoms with Crippen molar-refractivity contribution in [3.8, 4) is 0 Å². The molecular weight excluding hydrogens is 236 g/mol. The van der Waals surface area contributed by atoms with Gasteiger partial charge in [0.05, 0.1) is 11.4 Å². The Labute approximate surface area is 108 Å². The number of rotatable bonds is 7. The van der Waals surface area contributed by atoms with Gasteiger partial charge in [-0.25, -0.2) is 4.98 Å². The van der Waals surface area contributed by atoms with E-state index in [1.54, 1.807) is 0 Å². The van der Waals surface area contributed by atoms with Gasteiger partial charge in [0.1, 0.15) is 0 Å². The molecular formula is C12H21ClN4. The van der Waals surface area contributed by atoms with Gasteiger partial charge in [0.2, 0.25) is 5.95 Å². The summed E-state index contributed by atoms with van der Waals surface area (Å²) in [6, 6.07) is 0.325. The molecule has 0 aliphatic rings. The predicted molar refractivity (Wildman–Crippen MR) is 71.6 cm³/mol. The summed E-state index contributed by atoms with van der Waals surface area (Å²) in [7, 11) is 0. The van der Waals surface area contributed by atoms with Crippen molar-refractivity contribution in [2.45, 2.75) is 52.5 Å². The molecule has 0 aliphatic heterocycles. The summed E-state index contributed by atoms with van der Waals surface area (Å²) in [5, 5.41) is 11.6. The SMILES string of the molecule is CCc1nnc(NC(CC)CCCl)nc1CC. The first-order valence-electron chi connectivity index (χ1n) is 6.30. The number of hydrogen-bond donors (Lipinski definition) is 1. The van der Waals surface area contributed by atoms with Gasteiger partial charge in [-0.15, -0.1) is 16.7 Å². The zero-order valence-electron chi connectivity index (χ0n) is 10.8. The molecule has 1 unspecified atom stereocenters. The zero-order chi connectivity index (χ0) is 12.7. The quantitative estimate of drug-likeness (QED) is 0.763. The summed E-state index contributed by atoms with van der Waals surface area (Å²) >= 11 is 5.75. The third-order valence-electron chi connectivity index (χ3n) is 2.79. The van der Waals surface area contributed by atoms with Crippen LogP contribution in [-0.4, -0.2) is 27.1 Å². The van der Waals surface area contributed by atoms with E-state index in [2.05, 4.69) is 41.3 Å². The minimum atomic E-state index is 0.325. The van der Waals surface area contributed by atoms with Gasteiger partial charge in [-0.1, -0.05) is 20.8 Å². The molecule has 0 bridgehead atoms. The Bertz CT molecular complexity index is 343. The van der Waals surface area contributed by atoms with Crippen molar-refractivity contribution >= 4 is 17.5 Å². The van der Waals surface area contributed by atoms with E-state index >= 15 is 0 Å². The van der Waals surface area contributed by atoms with Gasteiger partial charge in [-0.2, -0.15) is 5.10 Å². The van der Waals surface area contributed by atoms with Crippen LogP contribution in [0.4, 0.5) is 5.95 Å². The van der Waals surface area contributed by atoms with Crippen LogP contribution in [0.3, 0.4) is 0 Å². The minimum Gasteiger partial charge on any atom is -0.350 e. The van der Waals surface area contributed by atoms with E-state index in [1.807, 2.05) is 0 Å². The monoisotopic (exact) mass is 256 g/mol. The van der Waals surface area contributed by atoms with Crippen LogP contribution in [-0.2, 0) is 12.8 Å². The molecule has 0 spiro atoms. The first-order chi connectivity index (χ1) is 8.24. The first-order valence-corrected chi connectivity index (χ1v) is 6.83. The van der Waals surface area contributed by atoms with E-state index in [0.29, 0.717) is 17.9 Å². The summed E-state index contributed by atoms with van der Waals surface area (Å²) in [4.78, 5) is 4.50. The molecule has 0 aromatic carbocycles. The largest absolute Gasteiger partial charge is 0.350 e. The lowest BCUT2D eigenvalue weighted by Crippen LogP contribution is -2.21. The summed E-state index contributed by atoms with van der Waals surface area (Å²) in [6.07, 6.45) is 3.69. The van der Waals surface area contributed by atoms with Crippen molar-refractivity contribution in [1.82, 2.24) is 15.2 Å².